The first-order chi connectivity index (χ1) is 8.22. The van der Waals surface area contributed by atoms with Gasteiger partial charge < -0.3 is 0 Å². The quantitative estimate of drug-likeness (QED) is 0.628. The van der Waals surface area contributed by atoms with Crippen LogP contribution in [0.3, 0.4) is 0 Å². The molecule has 1 aromatic carbocycles. The summed E-state index contributed by atoms with van der Waals surface area (Å²) in [6.45, 7) is 1.99. The van der Waals surface area contributed by atoms with Crippen LogP contribution in [-0.2, 0) is 0 Å². The first-order valence-electron chi connectivity index (χ1n) is 5.34. The number of nitrogens with one attached hydrogen (secondary N) is 1. The van der Waals surface area contributed by atoms with Crippen LogP contribution < -0.4 is 11.3 Å². The van der Waals surface area contributed by atoms with E-state index in [1.165, 1.54) is 12.1 Å². The molecule has 0 spiro atoms. The highest BCUT2D eigenvalue weighted by molar-refractivity contribution is 5.34. The summed E-state index contributed by atoms with van der Waals surface area (Å²) in [6, 6.07) is 8.02. The number of hydrogen-bond acceptors (Lipinski definition) is 3. The maximum atomic E-state index is 12.9. The van der Waals surface area contributed by atoms with E-state index in [-0.39, 0.29) is 11.9 Å². The summed E-state index contributed by atoms with van der Waals surface area (Å²) in [6.07, 6.45) is 3.50. The highest BCUT2D eigenvalue weighted by atomic mass is 19.1. The number of halogens is 1. The normalized spacial score (nSPS) is 12.4. The van der Waals surface area contributed by atoms with E-state index < -0.39 is 0 Å². The van der Waals surface area contributed by atoms with Crippen LogP contribution in [-0.4, -0.2) is 4.98 Å². The molecule has 0 aliphatic carbocycles. The molecule has 3 N–H and O–H groups in total. The number of aryl methyl sites for hydroxylation is 1. The SMILES string of the molecule is Cc1ccncc1C(NN)c1ccc(F)cc1. The number of nitrogens with two attached hydrogens (primary N) is 1. The third kappa shape index (κ3) is 2.49. The Morgan fingerprint density at radius 3 is 2.53 bits per heavy atom. The van der Waals surface area contributed by atoms with Gasteiger partial charge in [-0.3, -0.25) is 10.8 Å². The molecule has 0 fully saturated rings. The average molecular weight is 231 g/mol. The van der Waals surface area contributed by atoms with Crippen molar-refractivity contribution in [1.82, 2.24) is 10.4 Å². The van der Waals surface area contributed by atoms with Crippen molar-refractivity contribution in [2.45, 2.75) is 13.0 Å². The van der Waals surface area contributed by atoms with Crippen LogP contribution in [0.1, 0.15) is 22.7 Å². The van der Waals surface area contributed by atoms with E-state index in [2.05, 4.69) is 10.4 Å². The Kier molecular flexibility index (Phi) is 3.46. The summed E-state index contributed by atoms with van der Waals surface area (Å²) in [4.78, 5) is 4.09. The summed E-state index contributed by atoms with van der Waals surface area (Å²) in [5, 5.41) is 0. The predicted octanol–water partition coefficient (Wildman–Crippen LogP) is 2.08. The molecule has 1 unspecified atom stereocenters. The van der Waals surface area contributed by atoms with Crippen molar-refractivity contribution < 1.29 is 4.39 Å². The van der Waals surface area contributed by atoms with Crippen molar-refractivity contribution in [2.75, 3.05) is 0 Å². The summed E-state index contributed by atoms with van der Waals surface area (Å²) in [5.41, 5.74) is 5.72. The lowest BCUT2D eigenvalue weighted by atomic mass is 9.97. The van der Waals surface area contributed by atoms with Gasteiger partial charge >= 0.3 is 0 Å². The van der Waals surface area contributed by atoms with Gasteiger partial charge in [-0.1, -0.05) is 12.1 Å². The van der Waals surface area contributed by atoms with Crippen molar-refractivity contribution >= 4 is 0 Å². The van der Waals surface area contributed by atoms with Gasteiger partial charge in [0.05, 0.1) is 6.04 Å². The third-order valence-corrected chi connectivity index (χ3v) is 2.76. The lowest BCUT2D eigenvalue weighted by Crippen LogP contribution is -2.29. The molecule has 88 valence electrons. The van der Waals surface area contributed by atoms with E-state index in [9.17, 15) is 4.39 Å². The molecular weight excluding hydrogens is 217 g/mol. The van der Waals surface area contributed by atoms with Crippen LogP contribution >= 0.6 is 0 Å². The lowest BCUT2D eigenvalue weighted by molar-refractivity contribution is 0.613. The van der Waals surface area contributed by atoms with Crippen LogP contribution in [0.5, 0.6) is 0 Å². The molecule has 1 atom stereocenters. The maximum Gasteiger partial charge on any atom is 0.123 e. The zero-order chi connectivity index (χ0) is 12.3. The fraction of sp³-hybridized carbons (Fsp3) is 0.154. The molecule has 4 heteroatoms. The number of aromatic nitrogens is 1. The Balaban J connectivity index is 2.40. The lowest BCUT2D eigenvalue weighted by Gasteiger charge is -2.18. The number of hydrogen-bond donors (Lipinski definition) is 2. The zero-order valence-electron chi connectivity index (χ0n) is 9.52. The van der Waals surface area contributed by atoms with Crippen LogP contribution in [0, 0.1) is 12.7 Å². The molecule has 0 saturated heterocycles. The van der Waals surface area contributed by atoms with Gasteiger partial charge in [-0.15, -0.1) is 0 Å². The fourth-order valence-electron chi connectivity index (χ4n) is 1.80. The Morgan fingerprint density at radius 1 is 1.24 bits per heavy atom. The van der Waals surface area contributed by atoms with E-state index in [0.29, 0.717) is 0 Å². The van der Waals surface area contributed by atoms with E-state index >= 15 is 0 Å². The highest BCUT2D eigenvalue weighted by Crippen LogP contribution is 2.23. The van der Waals surface area contributed by atoms with Gasteiger partial charge in [0.1, 0.15) is 5.82 Å². The van der Waals surface area contributed by atoms with E-state index in [1.807, 2.05) is 13.0 Å². The van der Waals surface area contributed by atoms with Crippen LogP contribution in [0.2, 0.25) is 0 Å². The molecule has 1 aromatic heterocycles. The molecule has 0 aliphatic rings. The van der Waals surface area contributed by atoms with Crippen molar-refractivity contribution in [2.24, 2.45) is 5.84 Å². The number of pyridine rings is 1. The second-order valence-electron chi connectivity index (χ2n) is 3.88. The number of hydrazine groups is 1. The third-order valence-electron chi connectivity index (χ3n) is 2.76. The summed E-state index contributed by atoms with van der Waals surface area (Å²) in [7, 11) is 0. The Hall–Kier alpha value is -1.78. The molecule has 0 bridgehead atoms. The maximum absolute atomic E-state index is 12.9. The molecule has 0 amide bonds. The van der Waals surface area contributed by atoms with Gasteiger partial charge in [-0.25, -0.2) is 9.82 Å². The molecular formula is C13H14FN3. The predicted molar refractivity (Wildman–Crippen MR) is 64.5 cm³/mol. The Bertz CT molecular complexity index is 496. The van der Waals surface area contributed by atoms with Crippen LogP contribution in [0.4, 0.5) is 4.39 Å². The zero-order valence-corrected chi connectivity index (χ0v) is 9.52. The molecule has 0 radical (unpaired) electrons. The van der Waals surface area contributed by atoms with E-state index in [4.69, 9.17) is 5.84 Å². The molecule has 17 heavy (non-hydrogen) atoms. The van der Waals surface area contributed by atoms with Crippen molar-refractivity contribution in [3.63, 3.8) is 0 Å². The summed E-state index contributed by atoms with van der Waals surface area (Å²) >= 11 is 0. The smallest absolute Gasteiger partial charge is 0.123 e. The van der Waals surface area contributed by atoms with Gasteiger partial charge in [0.2, 0.25) is 0 Å². The Labute approximate surface area is 99.5 Å². The summed E-state index contributed by atoms with van der Waals surface area (Å²) in [5.74, 6) is 5.32. The molecule has 2 aromatic rings. The molecule has 3 nitrogen and oxygen atoms in total. The largest absolute Gasteiger partial charge is 0.271 e. The first kappa shape index (κ1) is 11.7. The second kappa shape index (κ2) is 5.03. The van der Waals surface area contributed by atoms with E-state index in [0.717, 1.165) is 16.7 Å². The van der Waals surface area contributed by atoms with Gasteiger partial charge in [0.25, 0.3) is 0 Å². The second-order valence-corrected chi connectivity index (χ2v) is 3.88. The molecule has 0 saturated carbocycles. The van der Waals surface area contributed by atoms with Crippen molar-refractivity contribution in [3.8, 4) is 0 Å². The van der Waals surface area contributed by atoms with Crippen molar-refractivity contribution in [3.05, 3.63) is 65.2 Å². The number of rotatable bonds is 3. The van der Waals surface area contributed by atoms with Crippen LogP contribution in [0.25, 0.3) is 0 Å². The highest BCUT2D eigenvalue weighted by Gasteiger charge is 2.14. The minimum atomic E-state index is -0.257. The first-order valence-corrected chi connectivity index (χ1v) is 5.34. The van der Waals surface area contributed by atoms with Gasteiger partial charge in [0, 0.05) is 12.4 Å². The fourth-order valence-corrected chi connectivity index (χ4v) is 1.80. The molecule has 0 aliphatic heterocycles. The van der Waals surface area contributed by atoms with Gasteiger partial charge in [-0.2, -0.15) is 0 Å². The summed E-state index contributed by atoms with van der Waals surface area (Å²) < 4.78 is 12.9. The number of nitrogens with zero attached hydrogens (tertiary/aromatic N) is 1. The van der Waals surface area contributed by atoms with Gasteiger partial charge in [0.15, 0.2) is 0 Å². The van der Waals surface area contributed by atoms with E-state index in [1.54, 1.807) is 24.5 Å². The van der Waals surface area contributed by atoms with Crippen molar-refractivity contribution in [1.29, 1.82) is 0 Å². The number of benzene rings is 1. The standard InChI is InChI=1S/C13H14FN3/c1-9-6-7-16-8-12(9)13(17-15)10-2-4-11(14)5-3-10/h2-8,13,17H,15H2,1H3. The van der Waals surface area contributed by atoms with Crippen LogP contribution in [0.15, 0.2) is 42.7 Å². The molecule has 1 heterocycles. The Morgan fingerprint density at radius 2 is 1.94 bits per heavy atom. The monoisotopic (exact) mass is 231 g/mol. The average Bonchev–Trinajstić information content (AvgIpc) is 2.35. The van der Waals surface area contributed by atoms with Gasteiger partial charge in [-0.05, 0) is 41.8 Å². The molecule has 2 rings (SSSR count). The minimum Gasteiger partial charge on any atom is -0.271 e. The minimum absolute atomic E-state index is 0.177. The topological polar surface area (TPSA) is 50.9 Å².